The molecule has 0 amide bonds. The molecule has 0 rings (SSSR count). The van der Waals surface area contributed by atoms with Gasteiger partial charge in [0.1, 0.15) is 0 Å². The summed E-state index contributed by atoms with van der Waals surface area (Å²) in [6.07, 6.45) is 0. The van der Waals surface area contributed by atoms with Crippen molar-refractivity contribution >= 4 is 0 Å². The van der Waals surface area contributed by atoms with Crippen LogP contribution in [0.15, 0.2) is 0 Å². The molecule has 0 fully saturated rings. The Morgan fingerprint density at radius 3 is 1.00 bits per heavy atom. The van der Waals surface area contributed by atoms with Crippen LogP contribution in [0.4, 0.5) is 3.04 Å². The monoisotopic (exact) mass is 339 g/mol. The molecule has 0 unspecified atom stereocenters. The average Bonchev–Trinajstić information content (AvgIpc) is 0.811. The zero-order valence-electron chi connectivity index (χ0n) is 2.13. The van der Waals surface area contributed by atoms with Gasteiger partial charge in [-0.2, -0.15) is 0 Å². The molecule has 0 aromatic carbocycles. The van der Waals surface area contributed by atoms with E-state index in [1.165, 1.54) is 0 Å². The Balaban J connectivity index is 0. The van der Waals surface area contributed by atoms with Crippen LogP contribution in [-0.4, -0.2) is 0 Å². The van der Waals surface area contributed by atoms with Gasteiger partial charge in [-0.25, -0.2) is 0 Å². The average molecular weight is 341 g/mol. The first-order valence-corrected chi connectivity index (χ1v) is 4.20. The molecular weight excluding hydrogens is 341 g/mol. The van der Waals surface area contributed by atoms with Crippen molar-refractivity contribution in [1.82, 2.24) is 0 Å². The Kier molecular flexibility index (Phi) is 13.7. The molecule has 0 saturated carbocycles. The van der Waals surface area contributed by atoms with Crippen molar-refractivity contribution in [3.05, 3.63) is 0 Å². The second kappa shape index (κ2) is 6.52. The van der Waals surface area contributed by atoms with Crippen LogP contribution >= 0.6 is 0 Å². The summed E-state index contributed by atoms with van der Waals surface area (Å²) in [6.45, 7) is 0. The molecule has 0 heterocycles. The molecular formula is CeF3Nd. The first-order valence-electron chi connectivity index (χ1n) is 0.567. The summed E-state index contributed by atoms with van der Waals surface area (Å²) < 4.78 is 29.6. The molecule has 29 valence electrons. The zero-order valence-corrected chi connectivity index (χ0v) is 8.48. The SMILES string of the molecule is [Ce].[F][Nd]([F])[F]. The van der Waals surface area contributed by atoms with E-state index < -0.39 is 37.1 Å². The molecule has 0 aliphatic heterocycles. The topological polar surface area (TPSA) is 0 Å². The Hall–Kier alpha value is 2.52. The summed E-state index contributed by atoms with van der Waals surface area (Å²) in [6, 6.07) is 0. The summed E-state index contributed by atoms with van der Waals surface area (Å²) >= 11 is -5.16. The van der Waals surface area contributed by atoms with Gasteiger partial charge >= 0.3 is 40.1 Å². The summed E-state index contributed by atoms with van der Waals surface area (Å²) in [5, 5.41) is 0. The predicted molar refractivity (Wildman–Crippen MR) is 3.32 cm³/mol. The van der Waals surface area contributed by atoms with Crippen molar-refractivity contribution in [1.29, 1.82) is 0 Å². The van der Waals surface area contributed by atoms with Crippen LogP contribution < -0.4 is 0 Å². The number of hydrogen-bond donors (Lipinski definition) is 0. The van der Waals surface area contributed by atoms with E-state index in [0.29, 0.717) is 0 Å². The van der Waals surface area contributed by atoms with Gasteiger partial charge in [0.2, 0.25) is 0 Å². The standard InChI is InChI=1S/Ce.3FH.Nd/h;3*1H;/q;;;;+3/p-3. The van der Waals surface area contributed by atoms with E-state index in [1.807, 2.05) is 0 Å². The van der Waals surface area contributed by atoms with Crippen LogP contribution in [0.1, 0.15) is 0 Å². The summed E-state index contributed by atoms with van der Waals surface area (Å²) in [4.78, 5) is 0. The molecule has 5 heteroatoms. The second-order valence-electron chi connectivity index (χ2n) is 0.214. The van der Waals surface area contributed by atoms with Gasteiger partial charge in [-0.15, -0.1) is 0 Å². The van der Waals surface area contributed by atoms with Crippen LogP contribution in [0.5, 0.6) is 0 Å². The fourth-order valence-electron chi connectivity index (χ4n) is 0. The first kappa shape index (κ1) is 10.5. The van der Waals surface area contributed by atoms with Gasteiger partial charge in [-0.1, -0.05) is 0 Å². The van der Waals surface area contributed by atoms with Crippen LogP contribution in [0, 0.1) is 78.8 Å². The van der Waals surface area contributed by atoms with Gasteiger partial charge in [0.25, 0.3) is 0 Å². The fraction of sp³-hybridized carbons (Fsp3) is 0. The normalized spacial score (nSPS) is 5.40. The summed E-state index contributed by atoms with van der Waals surface area (Å²) in [5.74, 6) is 0. The Morgan fingerprint density at radius 1 is 1.00 bits per heavy atom. The molecule has 0 bridgehead atoms. The molecule has 0 spiro atoms. The van der Waals surface area contributed by atoms with Crippen LogP contribution in [-0.2, 0) is 0 Å². The van der Waals surface area contributed by atoms with Crippen molar-refractivity contribution < 1.29 is 81.9 Å². The van der Waals surface area contributed by atoms with Crippen molar-refractivity contribution in [3.8, 4) is 0 Å². The summed E-state index contributed by atoms with van der Waals surface area (Å²) in [7, 11) is 0. The van der Waals surface area contributed by atoms with Gasteiger partial charge in [0.15, 0.2) is 0 Å². The molecule has 0 atom stereocenters. The number of rotatable bonds is 0. The predicted octanol–water partition coefficient (Wildman–Crippen LogP) is 1.26. The van der Waals surface area contributed by atoms with Crippen molar-refractivity contribution in [2.24, 2.45) is 0 Å². The fourth-order valence-corrected chi connectivity index (χ4v) is 0. The number of hydrogen-bond acceptors (Lipinski definition) is 0. The summed E-state index contributed by atoms with van der Waals surface area (Å²) in [5.41, 5.74) is 0. The Morgan fingerprint density at radius 2 is 1.00 bits per heavy atom. The van der Waals surface area contributed by atoms with E-state index in [1.54, 1.807) is 0 Å². The van der Waals surface area contributed by atoms with E-state index in [-0.39, 0.29) is 41.7 Å². The van der Waals surface area contributed by atoms with Crippen molar-refractivity contribution in [2.75, 3.05) is 0 Å². The maximum atomic E-state index is 9.88. The maximum absolute atomic E-state index is 9.88. The molecule has 0 aromatic rings. The molecule has 0 aromatic heterocycles. The van der Waals surface area contributed by atoms with Crippen LogP contribution in [0.25, 0.3) is 0 Å². The van der Waals surface area contributed by atoms with Crippen molar-refractivity contribution in [3.63, 3.8) is 0 Å². The molecule has 0 aliphatic rings. The first-order chi connectivity index (χ1) is 1.73. The molecule has 0 nitrogen and oxygen atoms in total. The van der Waals surface area contributed by atoms with E-state index >= 15 is 0 Å². The number of halogens is 3. The third kappa shape index (κ3) is 21.0. The molecule has 0 saturated heterocycles. The van der Waals surface area contributed by atoms with E-state index in [0.717, 1.165) is 0 Å². The molecule has 0 aliphatic carbocycles. The van der Waals surface area contributed by atoms with E-state index in [4.69, 9.17) is 0 Å². The molecule has 0 radical (unpaired) electrons. The molecule has 5 heavy (non-hydrogen) atoms. The van der Waals surface area contributed by atoms with Gasteiger partial charge in [-0.3, -0.25) is 0 Å². The van der Waals surface area contributed by atoms with Gasteiger partial charge in [0.05, 0.1) is 0 Å². The Labute approximate surface area is 79.7 Å². The molecule has 0 N–H and O–H groups in total. The third-order valence-corrected chi connectivity index (χ3v) is 0. The zero-order chi connectivity index (χ0) is 3.58. The minimum absolute atomic E-state index is 0. The third-order valence-electron chi connectivity index (χ3n) is 0. The minimum atomic E-state index is -5.16. The van der Waals surface area contributed by atoms with Crippen LogP contribution in [0.2, 0.25) is 0 Å². The van der Waals surface area contributed by atoms with Crippen LogP contribution in [0.3, 0.4) is 0 Å². The van der Waals surface area contributed by atoms with Gasteiger partial charge in [-0.05, 0) is 0 Å². The van der Waals surface area contributed by atoms with E-state index in [2.05, 4.69) is 0 Å². The Bertz CT molecular complexity index is 11.6. The second-order valence-corrected chi connectivity index (χ2v) is 1.59. The van der Waals surface area contributed by atoms with E-state index in [9.17, 15) is 3.04 Å². The quantitative estimate of drug-likeness (QED) is 0.622. The van der Waals surface area contributed by atoms with Gasteiger partial charge in [0, 0.05) is 41.7 Å². The van der Waals surface area contributed by atoms with Gasteiger partial charge < -0.3 is 0 Å². The van der Waals surface area contributed by atoms with Crippen molar-refractivity contribution in [2.45, 2.75) is 0 Å².